The minimum atomic E-state index is -0.113. The lowest BCUT2D eigenvalue weighted by atomic mass is 10.1. The van der Waals surface area contributed by atoms with Gasteiger partial charge in [-0.15, -0.1) is 0 Å². The van der Waals surface area contributed by atoms with Crippen molar-refractivity contribution in [1.29, 1.82) is 5.26 Å². The molecule has 1 atom stereocenters. The number of likely N-dealkylation sites (N-methyl/N-ethyl adjacent to an activating group) is 1. The number of phenols is 1. The summed E-state index contributed by atoms with van der Waals surface area (Å²) in [6.07, 6.45) is 0.460. The summed E-state index contributed by atoms with van der Waals surface area (Å²) in [7, 11) is 1.67. The van der Waals surface area contributed by atoms with Gasteiger partial charge in [0.15, 0.2) is 0 Å². The first-order valence-corrected chi connectivity index (χ1v) is 5.45. The number of carbonyl (C=O) groups is 1. The molecule has 0 bridgehead atoms. The molecule has 4 nitrogen and oxygen atoms in total. The second-order valence-corrected chi connectivity index (χ2v) is 4.02. The van der Waals surface area contributed by atoms with E-state index in [2.05, 4.69) is 0 Å². The number of benzene rings is 1. The molecule has 17 heavy (non-hydrogen) atoms. The van der Waals surface area contributed by atoms with Crippen LogP contribution in [0, 0.1) is 11.3 Å². The minimum absolute atomic E-state index is 0.103. The van der Waals surface area contributed by atoms with E-state index in [9.17, 15) is 9.90 Å². The van der Waals surface area contributed by atoms with Crippen molar-refractivity contribution in [2.45, 2.75) is 25.8 Å². The monoisotopic (exact) mass is 232 g/mol. The van der Waals surface area contributed by atoms with Gasteiger partial charge < -0.3 is 10.0 Å². The number of aromatic hydroxyl groups is 1. The van der Waals surface area contributed by atoms with E-state index in [-0.39, 0.29) is 24.1 Å². The van der Waals surface area contributed by atoms with Crippen LogP contribution < -0.4 is 0 Å². The van der Waals surface area contributed by atoms with Crippen molar-refractivity contribution in [3.63, 3.8) is 0 Å². The third-order valence-corrected chi connectivity index (χ3v) is 2.77. The van der Waals surface area contributed by atoms with Gasteiger partial charge in [0, 0.05) is 18.7 Å². The Hall–Kier alpha value is -2.02. The summed E-state index contributed by atoms with van der Waals surface area (Å²) in [5.74, 6) is 0.0245. The minimum Gasteiger partial charge on any atom is -0.508 e. The van der Waals surface area contributed by atoms with Crippen LogP contribution in [0.4, 0.5) is 0 Å². The van der Waals surface area contributed by atoms with Crippen LogP contribution in [0.15, 0.2) is 24.3 Å². The predicted octanol–water partition coefficient (Wildman–Crippen LogP) is 1.70. The number of rotatable bonds is 4. The summed E-state index contributed by atoms with van der Waals surface area (Å²) in [4.78, 5) is 13.4. The van der Waals surface area contributed by atoms with Crippen LogP contribution in [0.1, 0.15) is 18.9 Å². The Bertz CT molecular complexity index is 437. The van der Waals surface area contributed by atoms with Crippen LogP contribution in [0.5, 0.6) is 5.75 Å². The van der Waals surface area contributed by atoms with Crippen LogP contribution in [0.25, 0.3) is 0 Å². The zero-order chi connectivity index (χ0) is 12.8. The summed E-state index contributed by atoms with van der Waals surface area (Å²) >= 11 is 0. The fourth-order valence-corrected chi connectivity index (χ4v) is 1.46. The number of para-hydroxylation sites is 1. The number of hydrogen-bond donors (Lipinski definition) is 1. The molecule has 1 amide bonds. The summed E-state index contributed by atoms with van der Waals surface area (Å²) < 4.78 is 0. The smallest absolute Gasteiger partial charge is 0.227 e. The number of hydrogen-bond acceptors (Lipinski definition) is 3. The van der Waals surface area contributed by atoms with Gasteiger partial charge in [0.05, 0.1) is 18.9 Å². The van der Waals surface area contributed by atoms with Crippen molar-refractivity contribution in [2.75, 3.05) is 7.05 Å². The molecule has 90 valence electrons. The summed E-state index contributed by atoms with van der Waals surface area (Å²) in [6.45, 7) is 1.83. The molecule has 1 unspecified atom stereocenters. The SMILES string of the molecule is CC(CC#N)N(C)C(=O)Cc1ccccc1O. The van der Waals surface area contributed by atoms with E-state index < -0.39 is 0 Å². The van der Waals surface area contributed by atoms with Crippen molar-refractivity contribution < 1.29 is 9.90 Å². The molecule has 0 spiro atoms. The van der Waals surface area contributed by atoms with E-state index >= 15 is 0 Å². The molecule has 1 aromatic rings. The number of nitrogens with zero attached hydrogens (tertiary/aromatic N) is 2. The van der Waals surface area contributed by atoms with Gasteiger partial charge in [-0.3, -0.25) is 4.79 Å². The molecule has 0 aliphatic rings. The van der Waals surface area contributed by atoms with Crippen molar-refractivity contribution >= 4 is 5.91 Å². The van der Waals surface area contributed by atoms with Crippen molar-refractivity contribution in [1.82, 2.24) is 4.90 Å². The van der Waals surface area contributed by atoms with Crippen LogP contribution in [0.2, 0.25) is 0 Å². The van der Waals surface area contributed by atoms with E-state index in [4.69, 9.17) is 5.26 Å². The van der Waals surface area contributed by atoms with Crippen LogP contribution in [-0.2, 0) is 11.2 Å². The largest absolute Gasteiger partial charge is 0.508 e. The molecule has 0 saturated carbocycles. The highest BCUT2D eigenvalue weighted by atomic mass is 16.3. The molecule has 0 aliphatic carbocycles. The third-order valence-electron chi connectivity index (χ3n) is 2.77. The number of nitriles is 1. The standard InChI is InChI=1S/C13H16N2O2/c1-10(7-8-14)15(2)13(17)9-11-5-3-4-6-12(11)16/h3-6,10,16H,7,9H2,1-2H3. The predicted molar refractivity (Wildman–Crippen MR) is 64.3 cm³/mol. The van der Waals surface area contributed by atoms with Crippen LogP contribution >= 0.6 is 0 Å². The second-order valence-electron chi connectivity index (χ2n) is 4.02. The van der Waals surface area contributed by atoms with E-state index in [1.807, 2.05) is 13.0 Å². The van der Waals surface area contributed by atoms with Gasteiger partial charge in [-0.25, -0.2) is 0 Å². The van der Waals surface area contributed by atoms with Crippen molar-refractivity contribution in [2.24, 2.45) is 0 Å². The van der Waals surface area contributed by atoms with Gasteiger partial charge in [-0.2, -0.15) is 5.26 Å². The Balaban J connectivity index is 2.67. The normalized spacial score (nSPS) is 11.6. The van der Waals surface area contributed by atoms with Gasteiger partial charge in [-0.05, 0) is 13.0 Å². The first-order valence-electron chi connectivity index (χ1n) is 5.45. The maximum atomic E-state index is 11.9. The van der Waals surface area contributed by atoms with Gasteiger partial charge in [-0.1, -0.05) is 18.2 Å². The molecule has 0 aliphatic heterocycles. The third kappa shape index (κ3) is 3.49. The molecule has 1 aromatic carbocycles. The van der Waals surface area contributed by atoms with Gasteiger partial charge >= 0.3 is 0 Å². The lowest BCUT2D eigenvalue weighted by molar-refractivity contribution is -0.130. The molecule has 0 fully saturated rings. The maximum Gasteiger partial charge on any atom is 0.227 e. The molecule has 0 radical (unpaired) electrons. The summed E-state index contributed by atoms with van der Waals surface area (Å²) in [6, 6.07) is 8.69. The second kappa shape index (κ2) is 5.90. The number of amides is 1. The molecular weight excluding hydrogens is 216 g/mol. The first-order chi connectivity index (χ1) is 8.06. The van der Waals surface area contributed by atoms with Crippen molar-refractivity contribution in [3.8, 4) is 11.8 Å². The Kier molecular flexibility index (Phi) is 4.53. The highest BCUT2D eigenvalue weighted by molar-refractivity contribution is 5.79. The average Bonchev–Trinajstić information content (AvgIpc) is 2.31. The fourth-order valence-electron chi connectivity index (χ4n) is 1.46. The Labute approximate surface area is 101 Å². The quantitative estimate of drug-likeness (QED) is 0.859. The topological polar surface area (TPSA) is 64.3 Å². The van der Waals surface area contributed by atoms with E-state index in [0.717, 1.165) is 0 Å². The van der Waals surface area contributed by atoms with E-state index in [1.165, 1.54) is 4.90 Å². The van der Waals surface area contributed by atoms with E-state index in [1.54, 1.807) is 31.3 Å². The zero-order valence-corrected chi connectivity index (χ0v) is 10.1. The summed E-state index contributed by atoms with van der Waals surface area (Å²) in [5.41, 5.74) is 0.605. The van der Waals surface area contributed by atoms with Crippen molar-refractivity contribution in [3.05, 3.63) is 29.8 Å². The molecule has 0 aromatic heterocycles. The van der Waals surface area contributed by atoms with Gasteiger partial charge in [0.1, 0.15) is 5.75 Å². The van der Waals surface area contributed by atoms with Gasteiger partial charge in [0.25, 0.3) is 0 Å². The first kappa shape index (κ1) is 13.0. The molecule has 0 heterocycles. The Morgan fingerprint density at radius 1 is 1.53 bits per heavy atom. The highest BCUT2D eigenvalue weighted by Crippen LogP contribution is 2.17. The maximum absolute atomic E-state index is 11.9. The summed E-state index contributed by atoms with van der Waals surface area (Å²) in [5, 5.41) is 18.1. The number of phenolic OH excluding ortho intramolecular Hbond substituents is 1. The molecule has 1 rings (SSSR count). The van der Waals surface area contributed by atoms with E-state index in [0.29, 0.717) is 12.0 Å². The average molecular weight is 232 g/mol. The highest BCUT2D eigenvalue weighted by Gasteiger charge is 2.16. The van der Waals surface area contributed by atoms with Crippen LogP contribution in [0.3, 0.4) is 0 Å². The Morgan fingerprint density at radius 3 is 2.76 bits per heavy atom. The van der Waals surface area contributed by atoms with Crippen LogP contribution in [-0.4, -0.2) is 29.0 Å². The molecule has 4 heteroatoms. The lowest BCUT2D eigenvalue weighted by Crippen LogP contribution is -2.35. The lowest BCUT2D eigenvalue weighted by Gasteiger charge is -2.23. The number of carbonyl (C=O) groups excluding carboxylic acids is 1. The zero-order valence-electron chi connectivity index (χ0n) is 10.1. The van der Waals surface area contributed by atoms with Gasteiger partial charge in [0.2, 0.25) is 5.91 Å². The Morgan fingerprint density at radius 2 is 2.18 bits per heavy atom. The fraction of sp³-hybridized carbons (Fsp3) is 0.385. The molecule has 0 saturated heterocycles. The molecular formula is C13H16N2O2. The molecule has 1 N–H and O–H groups in total.